The maximum atomic E-state index is 12.7. The van der Waals surface area contributed by atoms with Crippen LogP contribution in [0.4, 0.5) is 0 Å². The summed E-state index contributed by atoms with van der Waals surface area (Å²) in [4.78, 5) is 14.9. The number of piperidine rings is 1. The summed E-state index contributed by atoms with van der Waals surface area (Å²) in [5.74, 6) is 0.663. The summed E-state index contributed by atoms with van der Waals surface area (Å²) < 4.78 is 35.2. The molecule has 1 aromatic heterocycles. The predicted octanol–water partition coefficient (Wildman–Crippen LogP) is 1.75. The molecule has 1 aromatic carbocycles. The number of rotatable bonds is 5. The lowest BCUT2D eigenvalue weighted by Crippen LogP contribution is -2.52. The first-order chi connectivity index (χ1) is 13.4. The normalized spacial score (nSPS) is 25.0. The molecule has 2 unspecified atom stereocenters. The van der Waals surface area contributed by atoms with Crippen LogP contribution in [0.2, 0.25) is 0 Å². The van der Waals surface area contributed by atoms with Crippen LogP contribution in [0.5, 0.6) is 5.75 Å². The Morgan fingerprint density at radius 3 is 2.79 bits per heavy atom. The second-order valence-electron chi connectivity index (χ2n) is 7.71. The first-order valence-corrected chi connectivity index (χ1v) is 11.6. The molecular formula is C20H26N2O5S. The number of amides is 1. The smallest absolute Gasteiger partial charge is 0.224 e. The fraction of sp³-hybridized carbons (Fsp3) is 0.550. The first-order valence-electron chi connectivity index (χ1n) is 9.73. The zero-order valence-electron chi connectivity index (χ0n) is 16.0. The highest BCUT2D eigenvalue weighted by Gasteiger charge is 2.41. The predicted molar refractivity (Wildman–Crippen MR) is 106 cm³/mol. The number of carbonyl (C=O) groups excluding carboxylic acids is 1. The van der Waals surface area contributed by atoms with Crippen LogP contribution >= 0.6 is 0 Å². The van der Waals surface area contributed by atoms with Crippen molar-refractivity contribution in [2.75, 3.05) is 31.7 Å². The minimum atomic E-state index is -3.13. The lowest BCUT2D eigenvalue weighted by atomic mass is 10.0. The number of methoxy groups -OCH3 is 1. The molecular weight excluding hydrogens is 380 g/mol. The molecule has 2 aliphatic rings. The minimum absolute atomic E-state index is 0.0171. The molecule has 28 heavy (non-hydrogen) atoms. The molecule has 0 aliphatic carbocycles. The highest BCUT2D eigenvalue weighted by Crippen LogP contribution is 2.26. The fourth-order valence-corrected chi connectivity index (χ4v) is 6.29. The Hall–Kier alpha value is -2.06. The van der Waals surface area contributed by atoms with Crippen LogP contribution in [0.3, 0.4) is 0 Å². The molecule has 1 amide bonds. The summed E-state index contributed by atoms with van der Waals surface area (Å²) in [7, 11) is -1.54. The van der Waals surface area contributed by atoms with Crippen molar-refractivity contribution in [3.05, 3.63) is 30.0 Å². The quantitative estimate of drug-likeness (QED) is 0.814. The Morgan fingerprint density at radius 2 is 2.04 bits per heavy atom. The van der Waals surface area contributed by atoms with Crippen LogP contribution < -0.4 is 10.1 Å². The van der Waals surface area contributed by atoms with Gasteiger partial charge in [-0.3, -0.25) is 9.69 Å². The Labute approximate surface area is 164 Å². The van der Waals surface area contributed by atoms with Gasteiger partial charge in [0.05, 0.1) is 37.3 Å². The fourth-order valence-electron chi connectivity index (χ4n) is 4.33. The number of carbonyl (C=O) groups is 1. The number of ether oxygens (including phenoxy) is 1. The molecule has 2 fully saturated rings. The number of hydrogen-bond acceptors (Lipinski definition) is 6. The highest BCUT2D eigenvalue weighted by molar-refractivity contribution is 7.91. The van der Waals surface area contributed by atoms with Crippen molar-refractivity contribution in [3.8, 4) is 5.75 Å². The summed E-state index contributed by atoms with van der Waals surface area (Å²) in [5, 5.41) is 3.84. The van der Waals surface area contributed by atoms with Crippen LogP contribution in [0, 0.1) is 0 Å². The summed E-state index contributed by atoms with van der Waals surface area (Å²) in [6.07, 6.45) is 5.09. The highest BCUT2D eigenvalue weighted by atomic mass is 32.2. The van der Waals surface area contributed by atoms with Crippen LogP contribution in [-0.2, 0) is 21.1 Å². The van der Waals surface area contributed by atoms with E-state index >= 15 is 0 Å². The SMILES string of the molecule is COc1ccc2c(CC(=O)NC3CS(=O)(=O)CC3N3CCCCC3)coc2c1. The molecule has 7 nitrogen and oxygen atoms in total. The molecule has 0 spiro atoms. The van der Waals surface area contributed by atoms with Gasteiger partial charge < -0.3 is 14.5 Å². The van der Waals surface area contributed by atoms with E-state index in [0.29, 0.717) is 11.3 Å². The van der Waals surface area contributed by atoms with Gasteiger partial charge in [0.1, 0.15) is 11.3 Å². The molecule has 0 saturated carbocycles. The van der Waals surface area contributed by atoms with Gasteiger partial charge in [-0.25, -0.2) is 8.42 Å². The zero-order valence-corrected chi connectivity index (χ0v) is 16.8. The van der Waals surface area contributed by atoms with Gasteiger partial charge in [-0.1, -0.05) is 6.42 Å². The Morgan fingerprint density at radius 1 is 1.25 bits per heavy atom. The van der Waals surface area contributed by atoms with Crippen molar-refractivity contribution in [2.45, 2.75) is 37.8 Å². The number of nitrogens with one attached hydrogen (secondary N) is 1. The molecule has 3 heterocycles. The summed E-state index contributed by atoms with van der Waals surface area (Å²) in [6, 6.07) is 5.01. The van der Waals surface area contributed by atoms with Crippen LogP contribution in [0.25, 0.3) is 11.0 Å². The minimum Gasteiger partial charge on any atom is -0.497 e. The Bertz CT molecular complexity index is 962. The van der Waals surface area contributed by atoms with Gasteiger partial charge in [-0.2, -0.15) is 0 Å². The van der Waals surface area contributed by atoms with E-state index in [1.54, 1.807) is 19.4 Å². The van der Waals surface area contributed by atoms with Gasteiger partial charge in [-0.15, -0.1) is 0 Å². The molecule has 1 N–H and O–H groups in total. The van der Waals surface area contributed by atoms with E-state index < -0.39 is 9.84 Å². The van der Waals surface area contributed by atoms with Crippen LogP contribution in [0.1, 0.15) is 24.8 Å². The van der Waals surface area contributed by atoms with Crippen LogP contribution in [-0.4, -0.2) is 63.0 Å². The van der Waals surface area contributed by atoms with E-state index in [2.05, 4.69) is 10.2 Å². The average molecular weight is 407 g/mol. The summed E-state index contributed by atoms with van der Waals surface area (Å²) >= 11 is 0. The molecule has 8 heteroatoms. The van der Waals surface area contributed by atoms with Gasteiger partial charge >= 0.3 is 0 Å². The number of sulfone groups is 1. The molecule has 152 valence electrons. The lowest BCUT2D eigenvalue weighted by Gasteiger charge is -2.35. The Kier molecular flexibility index (Phi) is 5.33. The van der Waals surface area contributed by atoms with Gasteiger partial charge in [0.25, 0.3) is 0 Å². The van der Waals surface area contributed by atoms with E-state index in [0.717, 1.165) is 36.9 Å². The average Bonchev–Trinajstić information content (AvgIpc) is 3.21. The van der Waals surface area contributed by atoms with Gasteiger partial charge in [0.15, 0.2) is 9.84 Å². The van der Waals surface area contributed by atoms with Gasteiger partial charge in [0, 0.05) is 23.1 Å². The topological polar surface area (TPSA) is 88.8 Å². The van der Waals surface area contributed by atoms with Crippen LogP contribution in [0.15, 0.2) is 28.9 Å². The molecule has 0 radical (unpaired) electrons. The number of benzene rings is 1. The number of nitrogens with zero attached hydrogens (tertiary/aromatic N) is 1. The van der Waals surface area contributed by atoms with E-state index in [1.165, 1.54) is 6.42 Å². The van der Waals surface area contributed by atoms with E-state index in [-0.39, 0.29) is 35.9 Å². The largest absolute Gasteiger partial charge is 0.497 e. The maximum absolute atomic E-state index is 12.7. The molecule has 2 aromatic rings. The van der Waals surface area contributed by atoms with Crippen molar-refractivity contribution in [1.29, 1.82) is 0 Å². The third-order valence-corrected chi connectivity index (χ3v) is 7.46. The van der Waals surface area contributed by atoms with Crippen molar-refractivity contribution >= 4 is 26.7 Å². The van der Waals surface area contributed by atoms with Gasteiger partial charge in [-0.05, 0) is 38.1 Å². The number of furan rings is 1. The molecule has 2 aliphatic heterocycles. The number of fused-ring (bicyclic) bond motifs is 1. The third-order valence-electron chi connectivity index (χ3n) is 5.74. The molecule has 2 saturated heterocycles. The third kappa shape index (κ3) is 4.03. The first kappa shape index (κ1) is 19.3. The Balaban J connectivity index is 1.46. The molecule has 0 bridgehead atoms. The lowest BCUT2D eigenvalue weighted by molar-refractivity contribution is -0.121. The summed E-state index contributed by atoms with van der Waals surface area (Å²) in [6.45, 7) is 1.81. The number of hydrogen-bond donors (Lipinski definition) is 1. The van der Waals surface area contributed by atoms with Crippen molar-refractivity contribution in [1.82, 2.24) is 10.2 Å². The van der Waals surface area contributed by atoms with Crippen molar-refractivity contribution in [3.63, 3.8) is 0 Å². The maximum Gasteiger partial charge on any atom is 0.224 e. The van der Waals surface area contributed by atoms with E-state index in [4.69, 9.17) is 9.15 Å². The molecule has 4 rings (SSSR count). The van der Waals surface area contributed by atoms with Crippen molar-refractivity contribution in [2.24, 2.45) is 0 Å². The second kappa shape index (κ2) is 7.75. The van der Waals surface area contributed by atoms with Gasteiger partial charge in [0.2, 0.25) is 5.91 Å². The zero-order chi connectivity index (χ0) is 19.7. The second-order valence-corrected chi connectivity index (χ2v) is 9.87. The van der Waals surface area contributed by atoms with E-state index in [1.807, 2.05) is 12.1 Å². The summed E-state index contributed by atoms with van der Waals surface area (Å²) in [5.41, 5.74) is 1.45. The standard InChI is InChI=1S/C20H26N2O5S/c1-26-15-5-6-16-14(11-27-19(16)10-15)9-20(23)21-17-12-28(24,25)13-18(17)22-7-3-2-4-8-22/h5-6,10-11,17-18H,2-4,7-9,12-13H2,1H3,(H,21,23). The van der Waals surface area contributed by atoms with Crippen molar-refractivity contribution < 1.29 is 22.4 Å². The molecule has 2 atom stereocenters. The van der Waals surface area contributed by atoms with E-state index in [9.17, 15) is 13.2 Å². The monoisotopic (exact) mass is 406 g/mol. The number of likely N-dealkylation sites (tertiary alicyclic amines) is 1.